The predicted octanol–water partition coefficient (Wildman–Crippen LogP) is 3.36. The highest BCUT2D eigenvalue weighted by Crippen LogP contribution is 2.50. The molecule has 4 atom stereocenters. The van der Waals surface area contributed by atoms with Gasteiger partial charge in [-0.2, -0.15) is 0 Å². The number of nitrogens with zero attached hydrogens (tertiary/aromatic N) is 2. The van der Waals surface area contributed by atoms with Crippen molar-refractivity contribution >= 4 is 23.2 Å². The number of imide groups is 1. The molecular weight excluding hydrogens is 376 g/mol. The maximum atomic E-state index is 13.0. The fraction of sp³-hybridized carbons (Fsp3) is 0.333. The number of amides is 2. The number of aryl methyl sites for hydroxylation is 1. The van der Waals surface area contributed by atoms with Crippen LogP contribution in [0.2, 0.25) is 0 Å². The number of benzene rings is 2. The summed E-state index contributed by atoms with van der Waals surface area (Å²) < 4.78 is 11.5. The zero-order valence-corrected chi connectivity index (χ0v) is 15.6. The molecule has 0 spiro atoms. The van der Waals surface area contributed by atoms with Crippen LogP contribution < -0.4 is 9.64 Å². The van der Waals surface area contributed by atoms with Gasteiger partial charge in [0.15, 0.2) is 0 Å². The molecular formula is C21H18N2O6. The van der Waals surface area contributed by atoms with Gasteiger partial charge in [0.2, 0.25) is 11.8 Å². The number of nitro benzene ring substituents is 1. The van der Waals surface area contributed by atoms with Gasteiger partial charge in [0, 0.05) is 12.1 Å². The number of ether oxygens (including phenoxy) is 2. The number of rotatable bonds is 4. The lowest BCUT2D eigenvalue weighted by atomic mass is 9.81. The molecule has 2 aromatic rings. The van der Waals surface area contributed by atoms with E-state index >= 15 is 0 Å². The smallest absolute Gasteiger partial charge is 0.275 e. The van der Waals surface area contributed by atoms with Crippen LogP contribution in [-0.4, -0.2) is 28.9 Å². The Hall–Kier alpha value is -3.26. The Morgan fingerprint density at radius 3 is 2.34 bits per heavy atom. The van der Waals surface area contributed by atoms with Gasteiger partial charge in [0.05, 0.1) is 40.7 Å². The Labute approximate surface area is 166 Å². The molecule has 2 bridgehead atoms. The molecule has 3 fully saturated rings. The minimum Gasteiger partial charge on any atom is -0.457 e. The second-order valence-corrected chi connectivity index (χ2v) is 7.71. The molecule has 148 valence electrons. The third kappa shape index (κ3) is 2.79. The summed E-state index contributed by atoms with van der Waals surface area (Å²) in [6.07, 6.45) is 1.03. The highest BCUT2D eigenvalue weighted by atomic mass is 16.6. The van der Waals surface area contributed by atoms with Gasteiger partial charge in [-0.1, -0.05) is 12.1 Å². The minimum atomic E-state index is -0.564. The summed E-state index contributed by atoms with van der Waals surface area (Å²) in [5, 5.41) is 11.4. The first-order valence-electron chi connectivity index (χ1n) is 9.49. The lowest BCUT2D eigenvalue weighted by molar-refractivity contribution is -0.384. The van der Waals surface area contributed by atoms with Crippen molar-refractivity contribution in [1.82, 2.24) is 0 Å². The number of nitro groups is 1. The van der Waals surface area contributed by atoms with Crippen molar-refractivity contribution in [2.24, 2.45) is 11.8 Å². The van der Waals surface area contributed by atoms with Gasteiger partial charge in [-0.15, -0.1) is 0 Å². The van der Waals surface area contributed by atoms with Gasteiger partial charge < -0.3 is 9.47 Å². The first kappa shape index (κ1) is 17.8. The van der Waals surface area contributed by atoms with Gasteiger partial charge in [0.1, 0.15) is 11.5 Å². The molecule has 3 saturated heterocycles. The maximum absolute atomic E-state index is 13.0. The van der Waals surface area contributed by atoms with Crippen LogP contribution in [0, 0.1) is 28.9 Å². The largest absolute Gasteiger partial charge is 0.457 e. The summed E-state index contributed by atoms with van der Waals surface area (Å²) in [6, 6.07) is 11.3. The molecule has 3 heterocycles. The van der Waals surface area contributed by atoms with E-state index < -0.39 is 16.8 Å². The normalized spacial score (nSPS) is 27.4. The van der Waals surface area contributed by atoms with Crippen LogP contribution in [0.25, 0.3) is 0 Å². The molecule has 0 N–H and O–H groups in total. The van der Waals surface area contributed by atoms with Crippen LogP contribution in [0.3, 0.4) is 0 Å². The number of fused-ring (bicyclic) bond motifs is 5. The van der Waals surface area contributed by atoms with E-state index in [0.29, 0.717) is 5.75 Å². The molecule has 0 unspecified atom stereocenters. The maximum Gasteiger partial charge on any atom is 0.275 e. The molecule has 8 heteroatoms. The third-order valence-corrected chi connectivity index (χ3v) is 5.85. The minimum absolute atomic E-state index is 0.158. The SMILES string of the molecule is Cc1cccc(Oc2cc(N3C(=O)[C@@H]4[C@H](C3=O)[C@H]3CC[C@H]4O3)cc([N+](=O)[O-])c2)c1. The number of hydrogen-bond acceptors (Lipinski definition) is 6. The summed E-state index contributed by atoms with van der Waals surface area (Å²) in [6.45, 7) is 1.91. The highest BCUT2D eigenvalue weighted by molar-refractivity contribution is 6.23. The van der Waals surface area contributed by atoms with E-state index in [0.717, 1.165) is 23.3 Å². The molecule has 29 heavy (non-hydrogen) atoms. The summed E-state index contributed by atoms with van der Waals surface area (Å²) >= 11 is 0. The Kier molecular flexibility index (Phi) is 3.92. The Morgan fingerprint density at radius 2 is 1.72 bits per heavy atom. The second-order valence-electron chi connectivity index (χ2n) is 7.71. The zero-order valence-electron chi connectivity index (χ0n) is 15.6. The van der Waals surface area contributed by atoms with E-state index in [2.05, 4.69) is 0 Å². The van der Waals surface area contributed by atoms with Crippen LogP contribution in [0.15, 0.2) is 42.5 Å². The molecule has 0 radical (unpaired) electrons. The topological polar surface area (TPSA) is 99.0 Å². The van der Waals surface area contributed by atoms with Crippen molar-refractivity contribution < 1.29 is 24.0 Å². The van der Waals surface area contributed by atoms with Gasteiger partial charge in [-0.25, -0.2) is 4.90 Å². The summed E-state index contributed by atoms with van der Waals surface area (Å²) in [7, 11) is 0. The number of non-ortho nitro benzene ring substituents is 1. The number of carbonyl (C=O) groups excluding carboxylic acids is 2. The predicted molar refractivity (Wildman–Crippen MR) is 102 cm³/mol. The molecule has 2 amide bonds. The van der Waals surface area contributed by atoms with Gasteiger partial charge in [-0.05, 0) is 37.5 Å². The molecule has 2 aromatic carbocycles. The first-order valence-corrected chi connectivity index (χ1v) is 9.49. The summed E-state index contributed by atoms with van der Waals surface area (Å²) in [5.74, 6) is -0.998. The van der Waals surface area contributed by atoms with E-state index in [1.165, 1.54) is 18.2 Å². The van der Waals surface area contributed by atoms with Gasteiger partial charge in [-0.3, -0.25) is 19.7 Å². The van der Waals surface area contributed by atoms with Gasteiger partial charge in [0.25, 0.3) is 5.69 Å². The molecule has 3 aliphatic rings. The van der Waals surface area contributed by atoms with E-state index in [-0.39, 0.29) is 41.1 Å². The van der Waals surface area contributed by atoms with Crippen molar-refractivity contribution in [3.05, 3.63) is 58.1 Å². The fourth-order valence-electron chi connectivity index (χ4n) is 4.64. The fourth-order valence-corrected chi connectivity index (χ4v) is 4.64. The Bertz CT molecular complexity index is 1020. The molecule has 5 rings (SSSR count). The lowest BCUT2D eigenvalue weighted by Crippen LogP contribution is -2.34. The number of hydrogen-bond donors (Lipinski definition) is 0. The van der Waals surface area contributed by atoms with Crippen molar-refractivity contribution in [3.63, 3.8) is 0 Å². The van der Waals surface area contributed by atoms with E-state index in [9.17, 15) is 19.7 Å². The van der Waals surface area contributed by atoms with Crippen LogP contribution in [0.4, 0.5) is 11.4 Å². The van der Waals surface area contributed by atoms with E-state index in [1.807, 2.05) is 19.1 Å². The third-order valence-electron chi connectivity index (χ3n) is 5.85. The second kappa shape index (κ2) is 6.38. The van der Waals surface area contributed by atoms with Crippen molar-refractivity contribution in [3.8, 4) is 11.5 Å². The molecule has 3 aliphatic heterocycles. The molecule has 0 aromatic heterocycles. The standard InChI is InChI=1S/C21H18N2O6/c1-11-3-2-4-14(7-11)28-15-9-12(8-13(10-15)23(26)27)22-20(24)18-16-5-6-17(29-16)19(18)21(22)25/h2-4,7-10,16-19H,5-6H2,1H3/t16-,17-,18-,19+/m1/s1. The molecule has 0 saturated carbocycles. The van der Waals surface area contributed by atoms with Crippen LogP contribution >= 0.6 is 0 Å². The Balaban J connectivity index is 1.53. The van der Waals surface area contributed by atoms with Crippen LogP contribution in [0.1, 0.15) is 18.4 Å². The Morgan fingerprint density at radius 1 is 1.03 bits per heavy atom. The number of carbonyl (C=O) groups is 2. The quantitative estimate of drug-likeness (QED) is 0.448. The first-order chi connectivity index (χ1) is 13.9. The monoisotopic (exact) mass is 394 g/mol. The van der Waals surface area contributed by atoms with Gasteiger partial charge >= 0.3 is 0 Å². The summed E-state index contributed by atoms with van der Waals surface area (Å²) in [5.41, 5.74) is 0.883. The summed E-state index contributed by atoms with van der Waals surface area (Å²) in [4.78, 5) is 37.9. The average Bonchev–Trinajstić information content (AvgIpc) is 3.35. The van der Waals surface area contributed by atoms with Crippen LogP contribution in [0.5, 0.6) is 11.5 Å². The molecule has 8 nitrogen and oxygen atoms in total. The zero-order chi connectivity index (χ0) is 20.3. The van der Waals surface area contributed by atoms with Crippen molar-refractivity contribution in [2.75, 3.05) is 4.90 Å². The molecule has 0 aliphatic carbocycles. The van der Waals surface area contributed by atoms with E-state index in [4.69, 9.17) is 9.47 Å². The van der Waals surface area contributed by atoms with E-state index in [1.54, 1.807) is 12.1 Å². The lowest BCUT2D eigenvalue weighted by Gasteiger charge is -2.18. The average molecular weight is 394 g/mol. The number of anilines is 1. The van der Waals surface area contributed by atoms with Crippen LogP contribution in [-0.2, 0) is 14.3 Å². The highest BCUT2D eigenvalue weighted by Gasteiger charge is 2.62. The van der Waals surface area contributed by atoms with Crippen molar-refractivity contribution in [2.45, 2.75) is 32.0 Å². The van der Waals surface area contributed by atoms with Crippen molar-refractivity contribution in [1.29, 1.82) is 0 Å².